The van der Waals surface area contributed by atoms with Crippen molar-refractivity contribution < 1.29 is 70.2 Å². The summed E-state index contributed by atoms with van der Waals surface area (Å²) < 4.78 is 201. The summed E-state index contributed by atoms with van der Waals surface area (Å²) in [7, 11) is 0. The van der Waals surface area contributed by atoms with E-state index >= 15 is 0 Å². The van der Waals surface area contributed by atoms with Crippen LogP contribution in [0.2, 0.25) is 0 Å². The van der Waals surface area contributed by atoms with Crippen molar-refractivity contribution in [1.29, 1.82) is 0 Å². The lowest BCUT2D eigenvalue weighted by atomic mass is 10.1. The van der Waals surface area contributed by atoms with Crippen molar-refractivity contribution in [1.82, 2.24) is 4.90 Å². The average Bonchev–Trinajstić information content (AvgIpc) is 2.29. The van der Waals surface area contributed by atoms with Crippen LogP contribution in [0.25, 0.3) is 0 Å². The Morgan fingerprint density at radius 3 is 0.962 bits per heavy atom. The highest BCUT2D eigenvalue weighted by molar-refractivity contribution is 5.21. The molecule has 0 radical (unpaired) electrons. The molecule has 0 amide bonds. The lowest BCUT2D eigenvalue weighted by Gasteiger charge is -2.42. The van der Waals surface area contributed by atoms with Crippen LogP contribution in [0, 0.1) is 0 Å². The van der Waals surface area contributed by atoms with Gasteiger partial charge in [-0.3, -0.25) is 0 Å². The minimum Gasteiger partial charge on any atom is -0.232 e. The molecule has 0 spiro atoms. The number of hydrogen-bond acceptors (Lipinski definition) is 1. The van der Waals surface area contributed by atoms with Gasteiger partial charge in [0.15, 0.2) is 0 Å². The molecular weight excluding hydrogens is 426 g/mol. The van der Waals surface area contributed by atoms with Gasteiger partial charge in [0.05, 0.1) is 0 Å². The molecule has 0 unspecified atom stereocenters. The topological polar surface area (TPSA) is 3.24 Å². The third kappa shape index (κ3) is 3.89. The van der Waals surface area contributed by atoms with E-state index < -0.39 is 59.9 Å². The van der Waals surface area contributed by atoms with Crippen LogP contribution in [0.3, 0.4) is 0 Å². The number of hydrogen-bond donors (Lipinski definition) is 0. The van der Waals surface area contributed by atoms with Gasteiger partial charge in [-0.25, -0.2) is 9.29 Å². The van der Waals surface area contributed by atoms with E-state index in [2.05, 4.69) is 0 Å². The van der Waals surface area contributed by atoms with Gasteiger partial charge in [0, 0.05) is 0 Å². The zero-order chi connectivity index (χ0) is 21.7. The maximum atomic E-state index is 13.1. The fraction of sp³-hybridized carbons (Fsp3) is 0.778. The molecule has 0 heterocycles. The Kier molecular flexibility index (Phi) is 5.86. The largest absolute Gasteiger partial charge is 0.475 e. The summed E-state index contributed by atoms with van der Waals surface area (Å²) >= 11 is 0. The average molecular weight is 429 g/mol. The summed E-state index contributed by atoms with van der Waals surface area (Å²) in [5.74, 6) is -10.8. The van der Waals surface area contributed by atoms with Crippen molar-refractivity contribution in [2.75, 3.05) is 0 Å². The van der Waals surface area contributed by atoms with Crippen molar-refractivity contribution in [2.45, 2.75) is 43.5 Å². The van der Waals surface area contributed by atoms with Gasteiger partial charge in [-0.05, 0) is 6.92 Å². The second-order valence-electron chi connectivity index (χ2n) is 4.37. The Morgan fingerprint density at radius 1 is 0.538 bits per heavy atom. The molecule has 0 aliphatic heterocycles. The summed E-state index contributed by atoms with van der Waals surface area (Å²) in [5.41, 5.74) is -4.56. The lowest BCUT2D eigenvalue weighted by Crippen LogP contribution is -2.66. The van der Waals surface area contributed by atoms with Crippen LogP contribution in [0.15, 0.2) is 11.5 Å². The quantitative estimate of drug-likeness (QED) is 0.392. The van der Waals surface area contributed by atoms with E-state index in [0.717, 1.165) is 0 Å². The fourth-order valence-electron chi connectivity index (χ4n) is 1.36. The second-order valence-corrected chi connectivity index (χ2v) is 4.37. The molecule has 0 bridgehead atoms. The van der Waals surface area contributed by atoms with Crippen LogP contribution in [0.1, 0.15) is 6.92 Å². The van der Waals surface area contributed by atoms with E-state index in [1.165, 1.54) is 0 Å². The normalized spacial score (nSPS) is 16.5. The van der Waals surface area contributed by atoms with Crippen LogP contribution in [-0.4, -0.2) is 41.4 Å². The molecule has 0 saturated carbocycles. The van der Waals surface area contributed by atoms with Gasteiger partial charge in [-0.2, -0.15) is 65.9 Å². The first kappa shape index (κ1) is 24.4. The molecule has 0 aliphatic carbocycles. The van der Waals surface area contributed by atoms with Crippen molar-refractivity contribution in [3.8, 4) is 0 Å². The van der Waals surface area contributed by atoms with Crippen LogP contribution >= 0.6 is 0 Å². The van der Waals surface area contributed by atoms with E-state index in [4.69, 9.17) is 0 Å². The fourth-order valence-corrected chi connectivity index (χ4v) is 1.36. The van der Waals surface area contributed by atoms with Gasteiger partial charge >= 0.3 is 36.5 Å². The van der Waals surface area contributed by atoms with Crippen molar-refractivity contribution in [2.24, 2.45) is 0 Å². The molecule has 26 heavy (non-hydrogen) atoms. The molecule has 0 aromatic carbocycles. The Balaban J connectivity index is 7.14. The van der Waals surface area contributed by atoms with Gasteiger partial charge in [0.2, 0.25) is 0 Å². The first-order chi connectivity index (χ1) is 10.9. The van der Waals surface area contributed by atoms with E-state index in [1.54, 1.807) is 0 Å². The standard InChI is InChI=1S/C9H3F16N/c1-2(10)3(4(11,12)5(13,14)15)26(8(22,23)6(16,17)18)9(24,25)7(19,20)21/h1H3. The Morgan fingerprint density at radius 2 is 0.808 bits per heavy atom. The highest BCUT2D eigenvalue weighted by Crippen LogP contribution is 2.55. The molecule has 1 nitrogen and oxygen atoms in total. The van der Waals surface area contributed by atoms with E-state index in [1.807, 2.05) is 0 Å². The Hall–Kier alpha value is -1.58. The van der Waals surface area contributed by atoms with Gasteiger partial charge in [-0.1, -0.05) is 0 Å². The van der Waals surface area contributed by atoms with Gasteiger partial charge in [0.25, 0.3) is 0 Å². The summed E-state index contributed by atoms with van der Waals surface area (Å²) in [5, 5.41) is 0. The van der Waals surface area contributed by atoms with Crippen molar-refractivity contribution in [3.63, 3.8) is 0 Å². The Labute approximate surface area is 131 Å². The van der Waals surface area contributed by atoms with Crippen LogP contribution in [0.5, 0.6) is 0 Å². The molecule has 17 heteroatoms. The van der Waals surface area contributed by atoms with Gasteiger partial charge in [0.1, 0.15) is 11.5 Å². The number of rotatable bonds is 4. The summed E-state index contributed by atoms with van der Waals surface area (Å²) in [6.45, 7) is -0.749. The SMILES string of the molecule is CC(F)=C(N(C(F)(F)C(F)(F)F)C(F)(F)C(F)(F)F)C(F)(F)C(F)(F)F. The van der Waals surface area contributed by atoms with Crippen LogP contribution in [0.4, 0.5) is 70.2 Å². The summed E-state index contributed by atoms with van der Waals surface area (Å²) in [6, 6.07) is -15.4. The Bertz CT molecular complexity index is 516. The first-order valence-electron chi connectivity index (χ1n) is 5.44. The molecule has 0 aliphatic rings. The maximum absolute atomic E-state index is 13.1. The molecule has 0 saturated heterocycles. The highest BCUT2D eigenvalue weighted by atomic mass is 19.4. The zero-order valence-corrected chi connectivity index (χ0v) is 11.5. The number of nitrogens with zero attached hydrogens (tertiary/aromatic N) is 1. The third-order valence-corrected chi connectivity index (χ3v) is 2.45. The summed E-state index contributed by atoms with van der Waals surface area (Å²) in [6.07, 6.45) is -22.4. The van der Waals surface area contributed by atoms with Crippen molar-refractivity contribution in [3.05, 3.63) is 11.5 Å². The van der Waals surface area contributed by atoms with Gasteiger partial charge in [-0.15, -0.1) is 0 Å². The maximum Gasteiger partial charge on any atom is 0.475 e. The predicted molar refractivity (Wildman–Crippen MR) is 48.7 cm³/mol. The number of halogens is 16. The van der Waals surface area contributed by atoms with E-state index in [9.17, 15) is 70.2 Å². The molecule has 0 aromatic rings. The smallest absolute Gasteiger partial charge is 0.232 e. The summed E-state index contributed by atoms with van der Waals surface area (Å²) in [4.78, 5) is -3.97. The minimum absolute atomic E-state index is 0.749. The van der Waals surface area contributed by atoms with Crippen LogP contribution < -0.4 is 0 Å². The molecule has 0 atom stereocenters. The van der Waals surface area contributed by atoms with E-state index in [-0.39, 0.29) is 0 Å². The molecule has 0 rings (SSSR count). The zero-order valence-electron chi connectivity index (χ0n) is 11.5. The van der Waals surface area contributed by atoms with Gasteiger partial charge < -0.3 is 0 Å². The third-order valence-electron chi connectivity index (χ3n) is 2.45. The number of allylic oxidation sites excluding steroid dienone is 2. The molecule has 0 fully saturated rings. The van der Waals surface area contributed by atoms with Crippen LogP contribution in [-0.2, 0) is 0 Å². The number of alkyl halides is 15. The van der Waals surface area contributed by atoms with Crippen molar-refractivity contribution >= 4 is 0 Å². The highest BCUT2D eigenvalue weighted by Gasteiger charge is 2.79. The first-order valence-corrected chi connectivity index (χ1v) is 5.44. The predicted octanol–water partition coefficient (Wildman–Crippen LogP) is 6.00. The second kappa shape index (κ2) is 6.24. The monoisotopic (exact) mass is 429 g/mol. The minimum atomic E-state index is -7.69. The molecule has 0 N–H and O–H groups in total. The lowest BCUT2D eigenvalue weighted by molar-refractivity contribution is -0.431. The molecule has 0 aromatic heterocycles. The molecule has 156 valence electrons. The van der Waals surface area contributed by atoms with E-state index in [0.29, 0.717) is 0 Å². The molecular formula is C9H3F16N.